The predicted molar refractivity (Wildman–Crippen MR) is 119 cm³/mol. The molecule has 0 unspecified atom stereocenters. The molecular weight excluding hydrogens is 415 g/mol. The monoisotopic (exact) mass is 442 g/mol. The number of rotatable bonds is 4. The number of methoxy groups -OCH3 is 1. The first-order chi connectivity index (χ1) is 13.2. The van der Waals surface area contributed by atoms with Crippen LogP contribution in [0.25, 0.3) is 0 Å². The van der Waals surface area contributed by atoms with Crippen LogP contribution in [-0.2, 0) is 13.0 Å². The summed E-state index contributed by atoms with van der Waals surface area (Å²) >= 11 is 0. The van der Waals surface area contributed by atoms with Gasteiger partial charge in [-0.15, -0.1) is 24.8 Å². The molecule has 2 aromatic heterocycles. The Hall–Kier alpha value is -2.03. The number of piperazine rings is 1. The van der Waals surface area contributed by atoms with Crippen LogP contribution in [0.15, 0.2) is 23.1 Å². The summed E-state index contributed by atoms with van der Waals surface area (Å²) in [7, 11) is 3.68. The van der Waals surface area contributed by atoms with E-state index in [1.807, 2.05) is 19.2 Å². The van der Waals surface area contributed by atoms with E-state index < -0.39 is 0 Å². The molecule has 2 aromatic rings. The summed E-state index contributed by atoms with van der Waals surface area (Å²) in [6, 6.07) is 3.83. The Kier molecular flexibility index (Phi) is 8.13. The average molecular weight is 443 g/mol. The second-order valence-corrected chi connectivity index (χ2v) is 7.13. The van der Waals surface area contributed by atoms with Crippen LogP contribution >= 0.6 is 24.8 Å². The van der Waals surface area contributed by atoms with Crippen LogP contribution in [0.5, 0.6) is 5.75 Å². The fourth-order valence-electron chi connectivity index (χ4n) is 3.82. The molecule has 1 saturated heterocycles. The van der Waals surface area contributed by atoms with Crippen LogP contribution in [0, 0.1) is 0 Å². The highest BCUT2D eigenvalue weighted by atomic mass is 35.5. The Labute approximate surface area is 183 Å². The molecule has 4 rings (SSSR count). The van der Waals surface area contributed by atoms with Crippen LogP contribution in [0.1, 0.15) is 17.7 Å². The number of hydrogen-bond donors (Lipinski definition) is 1. The molecule has 1 fully saturated rings. The number of nitrogens with zero attached hydrogens (tertiary/aromatic N) is 5. The lowest BCUT2D eigenvalue weighted by atomic mass is 10.1. The molecule has 2 aliphatic heterocycles. The van der Waals surface area contributed by atoms with Crippen molar-refractivity contribution in [2.24, 2.45) is 0 Å². The molecule has 0 amide bonds. The van der Waals surface area contributed by atoms with Gasteiger partial charge in [-0.25, -0.2) is 0 Å². The van der Waals surface area contributed by atoms with Gasteiger partial charge in [-0.05, 0) is 25.0 Å². The highest BCUT2D eigenvalue weighted by Gasteiger charge is 2.24. The maximum Gasteiger partial charge on any atom is 0.257 e. The van der Waals surface area contributed by atoms with E-state index in [-0.39, 0.29) is 30.4 Å². The van der Waals surface area contributed by atoms with Crippen molar-refractivity contribution >= 4 is 36.6 Å². The molecule has 0 bridgehead atoms. The van der Waals surface area contributed by atoms with Gasteiger partial charge in [-0.2, -0.15) is 4.98 Å². The number of halogens is 2. The quantitative estimate of drug-likeness (QED) is 0.771. The van der Waals surface area contributed by atoms with Gasteiger partial charge in [0.2, 0.25) is 5.95 Å². The maximum absolute atomic E-state index is 12.5. The minimum atomic E-state index is 0. The highest BCUT2D eigenvalue weighted by Crippen LogP contribution is 2.23. The standard InChI is InChI=1S/C19H26N6O2.2ClH/c1-23-8-4-5-14-17(23)21-19(22-18(14)26)25-11-9-24(10-12-25)13-15-16(27-2)6-3-7-20-15;;/h3,6-7H,4-5,8-13H2,1-2H3,(H,21,22,26);2*1H. The van der Waals surface area contributed by atoms with E-state index in [1.165, 1.54) is 0 Å². The summed E-state index contributed by atoms with van der Waals surface area (Å²) in [5.74, 6) is 2.34. The fraction of sp³-hybridized carbons (Fsp3) is 0.526. The van der Waals surface area contributed by atoms with Gasteiger partial charge >= 0.3 is 0 Å². The van der Waals surface area contributed by atoms with Crippen molar-refractivity contribution in [1.29, 1.82) is 0 Å². The van der Waals surface area contributed by atoms with Crippen molar-refractivity contribution in [3.05, 3.63) is 39.9 Å². The van der Waals surface area contributed by atoms with Crippen molar-refractivity contribution in [3.63, 3.8) is 0 Å². The van der Waals surface area contributed by atoms with Crippen molar-refractivity contribution < 1.29 is 4.74 Å². The van der Waals surface area contributed by atoms with E-state index in [0.29, 0.717) is 5.95 Å². The van der Waals surface area contributed by atoms with E-state index in [2.05, 4.69) is 24.7 Å². The Balaban J connectivity index is 0.00000150. The SMILES string of the molecule is COc1cccnc1CN1CCN(c2nc3c(c(=O)[nH]2)CCCN3C)CC1.Cl.Cl. The third-order valence-electron chi connectivity index (χ3n) is 5.38. The van der Waals surface area contributed by atoms with Gasteiger partial charge in [0.15, 0.2) is 0 Å². The number of aromatic nitrogens is 3. The minimum Gasteiger partial charge on any atom is -0.495 e. The molecule has 4 heterocycles. The van der Waals surface area contributed by atoms with Gasteiger partial charge in [0.25, 0.3) is 5.56 Å². The second kappa shape index (κ2) is 10.1. The maximum atomic E-state index is 12.5. The lowest BCUT2D eigenvalue weighted by Gasteiger charge is -2.35. The Morgan fingerprint density at radius 1 is 1.17 bits per heavy atom. The topological polar surface area (TPSA) is 77.6 Å². The molecule has 160 valence electrons. The van der Waals surface area contributed by atoms with Gasteiger partial charge in [0.05, 0.1) is 18.4 Å². The molecular formula is C19H28Cl2N6O2. The lowest BCUT2D eigenvalue weighted by Crippen LogP contribution is -2.47. The second-order valence-electron chi connectivity index (χ2n) is 7.13. The Bertz CT molecular complexity index is 870. The average Bonchev–Trinajstić information content (AvgIpc) is 2.70. The summed E-state index contributed by atoms with van der Waals surface area (Å²) < 4.78 is 5.40. The van der Waals surface area contributed by atoms with E-state index >= 15 is 0 Å². The van der Waals surface area contributed by atoms with Crippen molar-refractivity contribution in [2.75, 3.05) is 56.7 Å². The summed E-state index contributed by atoms with van der Waals surface area (Å²) in [5, 5.41) is 0. The third-order valence-corrected chi connectivity index (χ3v) is 5.38. The molecule has 8 nitrogen and oxygen atoms in total. The fourth-order valence-corrected chi connectivity index (χ4v) is 3.82. The van der Waals surface area contributed by atoms with E-state index in [1.54, 1.807) is 13.3 Å². The molecule has 29 heavy (non-hydrogen) atoms. The zero-order chi connectivity index (χ0) is 18.8. The van der Waals surface area contributed by atoms with Gasteiger partial charge < -0.3 is 14.5 Å². The van der Waals surface area contributed by atoms with Crippen molar-refractivity contribution in [1.82, 2.24) is 19.9 Å². The van der Waals surface area contributed by atoms with Crippen molar-refractivity contribution in [2.45, 2.75) is 19.4 Å². The molecule has 2 aliphatic rings. The van der Waals surface area contributed by atoms with Gasteiger partial charge in [-0.3, -0.25) is 19.7 Å². The first-order valence-electron chi connectivity index (χ1n) is 9.45. The first-order valence-corrected chi connectivity index (χ1v) is 9.45. The zero-order valence-corrected chi connectivity index (χ0v) is 18.4. The summed E-state index contributed by atoms with van der Waals surface area (Å²) in [6.07, 6.45) is 3.61. The Morgan fingerprint density at radius 3 is 2.66 bits per heavy atom. The summed E-state index contributed by atoms with van der Waals surface area (Å²) in [5.41, 5.74) is 1.77. The number of pyridine rings is 1. The van der Waals surface area contributed by atoms with Crippen LogP contribution in [0.3, 0.4) is 0 Å². The van der Waals surface area contributed by atoms with Crippen molar-refractivity contribution in [3.8, 4) is 5.75 Å². The van der Waals surface area contributed by atoms with Crippen LogP contribution in [-0.4, -0.2) is 66.7 Å². The number of anilines is 2. The number of ether oxygens (including phenoxy) is 1. The van der Waals surface area contributed by atoms with Gasteiger partial charge in [0, 0.05) is 52.5 Å². The van der Waals surface area contributed by atoms with Crippen LogP contribution in [0.2, 0.25) is 0 Å². The Morgan fingerprint density at radius 2 is 1.93 bits per heavy atom. The first kappa shape index (κ1) is 23.3. The smallest absolute Gasteiger partial charge is 0.257 e. The largest absolute Gasteiger partial charge is 0.495 e. The zero-order valence-electron chi connectivity index (χ0n) is 16.8. The number of hydrogen-bond acceptors (Lipinski definition) is 7. The molecule has 10 heteroatoms. The molecule has 0 spiro atoms. The molecule has 0 atom stereocenters. The van der Waals surface area contributed by atoms with E-state index in [9.17, 15) is 4.79 Å². The predicted octanol–water partition coefficient (Wildman–Crippen LogP) is 1.72. The van der Waals surface area contributed by atoms with Gasteiger partial charge in [-0.1, -0.05) is 0 Å². The van der Waals surface area contributed by atoms with Gasteiger partial charge in [0.1, 0.15) is 11.6 Å². The van der Waals surface area contributed by atoms with E-state index in [4.69, 9.17) is 9.72 Å². The third kappa shape index (κ3) is 4.94. The summed E-state index contributed by atoms with van der Waals surface area (Å²) in [4.78, 5) is 31.3. The number of fused-ring (bicyclic) bond motifs is 1. The normalized spacial score (nSPS) is 16.5. The highest BCUT2D eigenvalue weighted by molar-refractivity contribution is 5.85. The van der Waals surface area contributed by atoms with E-state index in [0.717, 1.165) is 74.9 Å². The molecule has 1 N–H and O–H groups in total. The number of nitrogens with one attached hydrogen (secondary N) is 1. The molecule has 0 radical (unpaired) electrons. The van der Waals surface area contributed by atoms with Crippen LogP contribution < -0.4 is 20.1 Å². The van der Waals surface area contributed by atoms with Crippen LogP contribution in [0.4, 0.5) is 11.8 Å². The minimum absolute atomic E-state index is 0. The summed E-state index contributed by atoms with van der Waals surface area (Å²) in [6.45, 7) is 5.12. The number of aromatic amines is 1. The number of H-pyrrole nitrogens is 1. The molecule has 0 aliphatic carbocycles. The molecule has 0 saturated carbocycles. The lowest BCUT2D eigenvalue weighted by molar-refractivity contribution is 0.242. The molecule has 0 aromatic carbocycles.